The molecule has 3 aromatic rings. The van der Waals surface area contributed by atoms with Crippen LogP contribution in [0.5, 0.6) is 0 Å². The third-order valence-electron chi connectivity index (χ3n) is 5.80. The first-order valence-corrected chi connectivity index (χ1v) is 12.0. The van der Waals surface area contributed by atoms with Crippen molar-refractivity contribution in [2.75, 3.05) is 23.7 Å². The third-order valence-corrected chi connectivity index (χ3v) is 7.05. The summed E-state index contributed by atoms with van der Waals surface area (Å²) in [5, 5.41) is 5.72. The third kappa shape index (κ3) is 5.02. The summed E-state index contributed by atoms with van der Waals surface area (Å²) in [7, 11) is 0. The summed E-state index contributed by atoms with van der Waals surface area (Å²) in [6, 6.07) is 13.5. The molecule has 1 aromatic heterocycles. The number of nitrogens with one attached hydrogen (secondary N) is 2. The Morgan fingerprint density at radius 3 is 2.35 bits per heavy atom. The van der Waals surface area contributed by atoms with E-state index in [1.165, 1.54) is 30.4 Å². The highest BCUT2D eigenvalue weighted by molar-refractivity contribution is 7.20. The Morgan fingerprint density at radius 2 is 1.68 bits per heavy atom. The number of rotatable bonds is 5. The van der Waals surface area contributed by atoms with Gasteiger partial charge in [-0.05, 0) is 55.5 Å². The van der Waals surface area contributed by atoms with Crippen LogP contribution in [0.25, 0.3) is 10.4 Å². The predicted octanol–water partition coefficient (Wildman–Crippen LogP) is 5.70. The van der Waals surface area contributed by atoms with Crippen LogP contribution in [0.15, 0.2) is 48.5 Å². The molecule has 1 aliphatic heterocycles. The Labute approximate surface area is 201 Å². The van der Waals surface area contributed by atoms with Crippen molar-refractivity contribution in [3.05, 3.63) is 71.0 Å². The maximum absolute atomic E-state index is 14.5. The van der Waals surface area contributed by atoms with Gasteiger partial charge in [0.05, 0.1) is 11.1 Å². The Morgan fingerprint density at radius 1 is 0.971 bits per heavy atom. The molecule has 2 heterocycles. The largest absolute Gasteiger partial charge is 0.339 e. The van der Waals surface area contributed by atoms with Gasteiger partial charge in [0.15, 0.2) is 0 Å². The summed E-state index contributed by atoms with van der Waals surface area (Å²) < 4.78 is 14.5. The van der Waals surface area contributed by atoms with Crippen molar-refractivity contribution in [2.45, 2.75) is 33.1 Å². The number of piperidine rings is 1. The van der Waals surface area contributed by atoms with Crippen LogP contribution in [-0.4, -0.2) is 35.7 Å². The first-order chi connectivity index (χ1) is 16.3. The van der Waals surface area contributed by atoms with Gasteiger partial charge in [-0.15, -0.1) is 11.3 Å². The quantitative estimate of drug-likeness (QED) is 0.493. The molecular weight excluding hydrogens is 453 g/mol. The minimum atomic E-state index is -0.716. The van der Waals surface area contributed by atoms with Gasteiger partial charge in [-0.25, -0.2) is 4.39 Å². The van der Waals surface area contributed by atoms with E-state index in [0.717, 1.165) is 41.3 Å². The summed E-state index contributed by atoms with van der Waals surface area (Å²) in [6.45, 7) is 4.57. The van der Waals surface area contributed by atoms with E-state index in [0.29, 0.717) is 29.3 Å². The monoisotopic (exact) mass is 479 g/mol. The van der Waals surface area contributed by atoms with Crippen molar-refractivity contribution >= 4 is 39.7 Å². The SMILES string of the molecule is CC(=O)Nc1ccc(F)c(C(=O)Nc2sc(-c3ccccc3)c(C)c2C(=O)N2CCCCC2)c1. The second-order valence-corrected chi connectivity index (χ2v) is 9.33. The number of hydrogen-bond acceptors (Lipinski definition) is 4. The molecule has 0 saturated carbocycles. The fourth-order valence-electron chi connectivity index (χ4n) is 4.13. The van der Waals surface area contributed by atoms with E-state index < -0.39 is 11.7 Å². The molecule has 2 aromatic carbocycles. The van der Waals surface area contributed by atoms with Crippen molar-refractivity contribution in [1.82, 2.24) is 4.90 Å². The summed E-state index contributed by atoms with van der Waals surface area (Å²) in [5.74, 6) is -1.85. The maximum Gasteiger partial charge on any atom is 0.259 e. The van der Waals surface area contributed by atoms with Gasteiger partial charge in [-0.1, -0.05) is 30.3 Å². The number of thiophene rings is 1. The zero-order valence-electron chi connectivity index (χ0n) is 19.1. The van der Waals surface area contributed by atoms with E-state index in [9.17, 15) is 18.8 Å². The maximum atomic E-state index is 14.5. The molecule has 1 fully saturated rings. The molecule has 0 aliphatic carbocycles. The Balaban J connectivity index is 1.72. The molecule has 8 heteroatoms. The fraction of sp³-hybridized carbons (Fsp3) is 0.269. The fourth-order valence-corrected chi connectivity index (χ4v) is 5.33. The smallest absolute Gasteiger partial charge is 0.259 e. The second-order valence-electron chi connectivity index (χ2n) is 8.31. The number of halogens is 1. The lowest BCUT2D eigenvalue weighted by molar-refractivity contribution is -0.114. The van der Waals surface area contributed by atoms with E-state index in [-0.39, 0.29) is 17.4 Å². The van der Waals surface area contributed by atoms with Crippen LogP contribution in [0, 0.1) is 12.7 Å². The number of carbonyl (C=O) groups excluding carboxylic acids is 3. The van der Waals surface area contributed by atoms with Gasteiger partial charge in [0.1, 0.15) is 10.8 Å². The van der Waals surface area contributed by atoms with Crippen molar-refractivity contribution in [1.29, 1.82) is 0 Å². The molecule has 2 N–H and O–H groups in total. The molecule has 0 spiro atoms. The molecule has 34 heavy (non-hydrogen) atoms. The number of likely N-dealkylation sites (tertiary alicyclic amines) is 1. The summed E-state index contributed by atoms with van der Waals surface area (Å²) in [5.41, 5.74) is 2.27. The molecular formula is C26H26FN3O3S. The van der Waals surface area contributed by atoms with Crippen LogP contribution in [-0.2, 0) is 4.79 Å². The van der Waals surface area contributed by atoms with Crippen LogP contribution >= 0.6 is 11.3 Å². The van der Waals surface area contributed by atoms with Gasteiger partial charge < -0.3 is 15.5 Å². The number of carbonyl (C=O) groups is 3. The first kappa shape index (κ1) is 23.6. The highest BCUT2D eigenvalue weighted by Crippen LogP contribution is 2.41. The molecule has 3 amide bonds. The first-order valence-electron chi connectivity index (χ1n) is 11.2. The van der Waals surface area contributed by atoms with E-state index in [1.807, 2.05) is 42.2 Å². The van der Waals surface area contributed by atoms with Crippen LogP contribution in [0.1, 0.15) is 52.5 Å². The topological polar surface area (TPSA) is 78.5 Å². The van der Waals surface area contributed by atoms with Gasteiger partial charge in [0, 0.05) is 30.6 Å². The second kappa shape index (κ2) is 10.2. The Kier molecular flexibility index (Phi) is 7.07. The Hall–Kier alpha value is -3.52. The molecule has 1 saturated heterocycles. The molecule has 0 unspecified atom stereocenters. The van der Waals surface area contributed by atoms with E-state index >= 15 is 0 Å². The zero-order chi connectivity index (χ0) is 24.2. The van der Waals surface area contributed by atoms with E-state index in [4.69, 9.17) is 0 Å². The predicted molar refractivity (Wildman–Crippen MR) is 133 cm³/mol. The van der Waals surface area contributed by atoms with Crippen LogP contribution < -0.4 is 10.6 Å². The molecule has 176 valence electrons. The molecule has 6 nitrogen and oxygen atoms in total. The van der Waals surface area contributed by atoms with Crippen molar-refractivity contribution < 1.29 is 18.8 Å². The number of hydrogen-bond donors (Lipinski definition) is 2. The lowest BCUT2D eigenvalue weighted by Gasteiger charge is -2.27. The molecule has 4 rings (SSSR count). The highest BCUT2D eigenvalue weighted by atomic mass is 32.1. The van der Waals surface area contributed by atoms with E-state index in [1.54, 1.807) is 0 Å². The van der Waals surface area contributed by atoms with Gasteiger partial charge in [0.2, 0.25) is 5.91 Å². The number of amides is 3. The summed E-state index contributed by atoms with van der Waals surface area (Å²) in [6.07, 6.45) is 2.99. The van der Waals surface area contributed by atoms with Gasteiger partial charge >= 0.3 is 0 Å². The van der Waals surface area contributed by atoms with Crippen molar-refractivity contribution in [3.63, 3.8) is 0 Å². The standard InChI is InChI=1S/C26H26FN3O3S/c1-16-22(26(33)30-13-7-4-8-14-30)25(34-23(16)18-9-5-3-6-10-18)29-24(32)20-15-19(28-17(2)31)11-12-21(20)27/h3,5-6,9-12,15H,4,7-8,13-14H2,1-2H3,(H,28,31)(H,29,32). The number of anilines is 2. The van der Waals surface area contributed by atoms with Crippen LogP contribution in [0.3, 0.4) is 0 Å². The van der Waals surface area contributed by atoms with Gasteiger partial charge in [0.25, 0.3) is 11.8 Å². The minimum Gasteiger partial charge on any atom is -0.339 e. The molecule has 1 aliphatic rings. The number of benzene rings is 2. The molecule has 0 atom stereocenters. The minimum absolute atomic E-state index is 0.126. The normalized spacial score (nSPS) is 13.4. The summed E-state index contributed by atoms with van der Waals surface area (Å²) in [4.78, 5) is 40.7. The van der Waals surface area contributed by atoms with Crippen LogP contribution in [0.4, 0.5) is 15.1 Å². The molecule has 0 radical (unpaired) electrons. The van der Waals surface area contributed by atoms with Crippen molar-refractivity contribution in [3.8, 4) is 10.4 Å². The lowest BCUT2D eigenvalue weighted by atomic mass is 10.0. The Bertz CT molecular complexity index is 1230. The average Bonchev–Trinajstić information content (AvgIpc) is 3.16. The summed E-state index contributed by atoms with van der Waals surface area (Å²) >= 11 is 1.30. The zero-order valence-corrected chi connectivity index (χ0v) is 19.9. The van der Waals surface area contributed by atoms with Crippen molar-refractivity contribution in [2.24, 2.45) is 0 Å². The number of nitrogens with zero attached hydrogens (tertiary/aromatic N) is 1. The average molecular weight is 480 g/mol. The van der Waals surface area contributed by atoms with Gasteiger partial charge in [-0.3, -0.25) is 14.4 Å². The lowest BCUT2D eigenvalue weighted by Crippen LogP contribution is -2.36. The van der Waals surface area contributed by atoms with E-state index in [2.05, 4.69) is 10.6 Å². The highest BCUT2D eigenvalue weighted by Gasteiger charge is 2.28. The van der Waals surface area contributed by atoms with Gasteiger partial charge in [-0.2, -0.15) is 0 Å². The molecule has 0 bridgehead atoms. The van der Waals surface area contributed by atoms with Crippen LogP contribution in [0.2, 0.25) is 0 Å².